The monoisotopic (exact) mass is 380 g/mol. The Morgan fingerprint density at radius 2 is 2.27 bits per heavy atom. The molecule has 7 nitrogen and oxygen atoms in total. The highest BCUT2D eigenvalue weighted by atomic mass is 35.5. The minimum atomic E-state index is -0.192. The normalized spacial score (nSPS) is 17.2. The quantitative estimate of drug-likeness (QED) is 0.829. The van der Waals surface area contributed by atoms with Crippen molar-refractivity contribution in [1.29, 1.82) is 0 Å². The number of aliphatic hydroxyl groups excluding tert-OH is 1. The van der Waals surface area contributed by atoms with E-state index in [2.05, 4.69) is 5.16 Å². The van der Waals surface area contributed by atoms with Gasteiger partial charge in [-0.05, 0) is 30.9 Å². The molecule has 0 spiro atoms. The number of ether oxygens (including phenoxy) is 2. The van der Waals surface area contributed by atoms with E-state index in [-0.39, 0.29) is 30.7 Å². The third-order valence-electron chi connectivity index (χ3n) is 4.34. The van der Waals surface area contributed by atoms with Crippen LogP contribution in [0.5, 0.6) is 11.5 Å². The lowest BCUT2D eigenvalue weighted by Crippen LogP contribution is -2.41. The Balaban J connectivity index is 1.62. The summed E-state index contributed by atoms with van der Waals surface area (Å²) in [7, 11) is 1.53. The minimum Gasteiger partial charge on any atom is -0.493 e. The number of hydrogen-bond acceptors (Lipinski definition) is 6. The molecule has 1 N–H and O–H groups in total. The van der Waals surface area contributed by atoms with Gasteiger partial charge in [0.25, 0.3) is 5.91 Å². The molecule has 1 aromatic heterocycles. The van der Waals surface area contributed by atoms with Crippen molar-refractivity contribution in [3.8, 4) is 11.5 Å². The fourth-order valence-corrected chi connectivity index (χ4v) is 3.11. The molecule has 0 unspecified atom stereocenters. The van der Waals surface area contributed by atoms with Gasteiger partial charge in [-0.25, -0.2) is 0 Å². The third-order valence-corrected chi connectivity index (χ3v) is 4.57. The van der Waals surface area contributed by atoms with Gasteiger partial charge in [-0.2, -0.15) is 0 Å². The van der Waals surface area contributed by atoms with Gasteiger partial charge >= 0.3 is 0 Å². The van der Waals surface area contributed by atoms with Gasteiger partial charge < -0.3 is 24.0 Å². The largest absolute Gasteiger partial charge is 0.493 e. The molecular formula is C18H21ClN2O5. The summed E-state index contributed by atoms with van der Waals surface area (Å²) >= 11 is 5.92. The van der Waals surface area contributed by atoms with Gasteiger partial charge in [0.05, 0.1) is 7.11 Å². The highest BCUT2D eigenvalue weighted by molar-refractivity contribution is 6.30. The SMILES string of the molecule is COc1cc(Cl)ccc1OCc1cc(C(=O)N2CCC[C@@H](CO)C2)no1. The number of aromatic nitrogens is 1. The van der Waals surface area contributed by atoms with E-state index >= 15 is 0 Å². The number of hydrogen-bond donors (Lipinski definition) is 1. The van der Waals surface area contributed by atoms with Crippen molar-refractivity contribution in [2.75, 3.05) is 26.8 Å². The van der Waals surface area contributed by atoms with Crippen LogP contribution in [0.2, 0.25) is 5.02 Å². The summed E-state index contributed by atoms with van der Waals surface area (Å²) in [5.41, 5.74) is 0.241. The summed E-state index contributed by atoms with van der Waals surface area (Å²) in [6, 6.07) is 6.63. The van der Waals surface area contributed by atoms with Gasteiger partial charge in [0.1, 0.15) is 6.61 Å². The van der Waals surface area contributed by atoms with Crippen molar-refractivity contribution in [1.82, 2.24) is 10.1 Å². The van der Waals surface area contributed by atoms with E-state index in [1.54, 1.807) is 29.2 Å². The number of benzene rings is 1. The Bertz CT molecular complexity index is 764. The Labute approximate surface area is 156 Å². The number of likely N-dealkylation sites (tertiary alicyclic amines) is 1. The number of carbonyl (C=O) groups is 1. The molecule has 3 rings (SSSR count). The summed E-state index contributed by atoms with van der Waals surface area (Å²) in [5, 5.41) is 13.7. The molecule has 1 saturated heterocycles. The maximum absolute atomic E-state index is 12.5. The topological polar surface area (TPSA) is 85.0 Å². The molecule has 8 heteroatoms. The van der Waals surface area contributed by atoms with Crippen LogP contribution in [0.3, 0.4) is 0 Å². The Morgan fingerprint density at radius 1 is 1.42 bits per heavy atom. The van der Waals surface area contributed by atoms with Crippen molar-refractivity contribution >= 4 is 17.5 Å². The van der Waals surface area contributed by atoms with Crippen molar-refractivity contribution < 1.29 is 23.9 Å². The van der Waals surface area contributed by atoms with Gasteiger partial charge in [-0.3, -0.25) is 4.79 Å². The van der Waals surface area contributed by atoms with Crippen molar-refractivity contribution in [3.05, 3.63) is 40.7 Å². The zero-order chi connectivity index (χ0) is 18.5. The van der Waals surface area contributed by atoms with Crippen molar-refractivity contribution in [2.45, 2.75) is 19.4 Å². The smallest absolute Gasteiger partial charge is 0.276 e. The summed E-state index contributed by atoms with van der Waals surface area (Å²) in [6.07, 6.45) is 1.81. The van der Waals surface area contributed by atoms with Crippen LogP contribution >= 0.6 is 11.6 Å². The second-order valence-corrected chi connectivity index (χ2v) is 6.64. The van der Waals surface area contributed by atoms with Crippen LogP contribution in [0.25, 0.3) is 0 Å². The molecule has 0 bridgehead atoms. The first-order chi connectivity index (χ1) is 12.6. The maximum atomic E-state index is 12.5. The molecule has 1 fully saturated rings. The molecule has 1 aromatic carbocycles. The van der Waals surface area contributed by atoms with E-state index < -0.39 is 0 Å². The average Bonchev–Trinajstić information content (AvgIpc) is 3.15. The van der Waals surface area contributed by atoms with Crippen LogP contribution in [0.4, 0.5) is 0 Å². The number of carbonyl (C=O) groups excluding carboxylic acids is 1. The van der Waals surface area contributed by atoms with Gasteiger partial charge in [-0.1, -0.05) is 16.8 Å². The molecule has 0 aliphatic carbocycles. The highest BCUT2D eigenvalue weighted by Crippen LogP contribution is 2.30. The summed E-state index contributed by atoms with van der Waals surface area (Å²) < 4.78 is 16.1. The molecule has 1 aliphatic rings. The van der Waals surface area contributed by atoms with Crippen LogP contribution < -0.4 is 9.47 Å². The van der Waals surface area contributed by atoms with Crippen LogP contribution in [0.15, 0.2) is 28.8 Å². The maximum Gasteiger partial charge on any atom is 0.276 e. The van der Waals surface area contributed by atoms with Gasteiger partial charge in [0.15, 0.2) is 23.0 Å². The van der Waals surface area contributed by atoms with Crippen molar-refractivity contribution in [2.24, 2.45) is 5.92 Å². The molecule has 2 aromatic rings. The zero-order valence-electron chi connectivity index (χ0n) is 14.5. The van der Waals surface area contributed by atoms with E-state index in [0.717, 1.165) is 12.8 Å². The van der Waals surface area contributed by atoms with E-state index in [9.17, 15) is 9.90 Å². The molecule has 1 aliphatic heterocycles. The summed E-state index contributed by atoms with van der Waals surface area (Å²) in [4.78, 5) is 14.2. The highest BCUT2D eigenvalue weighted by Gasteiger charge is 2.26. The number of amides is 1. The van der Waals surface area contributed by atoms with E-state index in [1.165, 1.54) is 7.11 Å². The molecule has 26 heavy (non-hydrogen) atoms. The second kappa shape index (κ2) is 8.42. The predicted octanol–water partition coefficient (Wildman–Crippen LogP) is 2.76. The lowest BCUT2D eigenvalue weighted by molar-refractivity contribution is 0.0610. The number of piperidine rings is 1. The average molecular weight is 381 g/mol. The second-order valence-electron chi connectivity index (χ2n) is 6.20. The Hall–Kier alpha value is -2.25. The fraction of sp³-hybridized carbons (Fsp3) is 0.444. The number of rotatable bonds is 6. The first kappa shape index (κ1) is 18.5. The number of methoxy groups -OCH3 is 1. The Kier molecular flexibility index (Phi) is 6.00. The molecule has 0 radical (unpaired) electrons. The number of aliphatic hydroxyl groups is 1. The van der Waals surface area contributed by atoms with Crippen LogP contribution in [-0.2, 0) is 6.61 Å². The molecule has 1 amide bonds. The minimum absolute atomic E-state index is 0.0879. The molecule has 140 valence electrons. The molecular weight excluding hydrogens is 360 g/mol. The van der Waals surface area contributed by atoms with E-state index in [0.29, 0.717) is 35.4 Å². The third kappa shape index (κ3) is 4.28. The standard InChI is InChI=1S/C18H21ClN2O5/c1-24-17-7-13(19)4-5-16(17)25-11-14-8-15(20-26-14)18(23)21-6-2-3-12(9-21)10-22/h4-5,7-8,12,22H,2-3,6,9-11H2,1H3/t12-/m1/s1. The first-order valence-electron chi connectivity index (χ1n) is 8.42. The molecule has 1 atom stereocenters. The van der Waals surface area contributed by atoms with Crippen LogP contribution in [0, 0.1) is 5.92 Å². The predicted molar refractivity (Wildman–Crippen MR) is 94.6 cm³/mol. The summed E-state index contributed by atoms with van der Waals surface area (Å²) in [6.45, 7) is 1.40. The van der Waals surface area contributed by atoms with E-state index in [1.807, 2.05) is 0 Å². The number of halogens is 1. The lowest BCUT2D eigenvalue weighted by atomic mass is 9.99. The summed E-state index contributed by atoms with van der Waals surface area (Å²) in [5.74, 6) is 1.39. The van der Waals surface area contributed by atoms with Gasteiger partial charge in [0, 0.05) is 36.9 Å². The van der Waals surface area contributed by atoms with Gasteiger partial charge in [-0.15, -0.1) is 0 Å². The van der Waals surface area contributed by atoms with E-state index in [4.69, 9.17) is 25.6 Å². The first-order valence-corrected chi connectivity index (χ1v) is 8.80. The van der Waals surface area contributed by atoms with Crippen LogP contribution in [0.1, 0.15) is 29.1 Å². The zero-order valence-corrected chi connectivity index (χ0v) is 15.2. The Morgan fingerprint density at radius 3 is 3.04 bits per heavy atom. The molecule has 0 saturated carbocycles. The van der Waals surface area contributed by atoms with Crippen LogP contribution in [-0.4, -0.2) is 47.9 Å². The molecule has 2 heterocycles. The van der Waals surface area contributed by atoms with Crippen molar-refractivity contribution in [3.63, 3.8) is 0 Å². The van der Waals surface area contributed by atoms with Gasteiger partial charge in [0.2, 0.25) is 0 Å². The number of nitrogens with zero attached hydrogens (tertiary/aromatic N) is 2. The fourth-order valence-electron chi connectivity index (χ4n) is 2.95. The lowest BCUT2D eigenvalue weighted by Gasteiger charge is -2.31.